The summed E-state index contributed by atoms with van der Waals surface area (Å²) in [4.78, 5) is 0. The Morgan fingerprint density at radius 2 is 1.51 bits per heavy atom. The number of hydrogen-bond acceptors (Lipinski definition) is 7. The molecule has 3 N–H and O–H groups in total. The van der Waals surface area contributed by atoms with E-state index in [0.717, 1.165) is 53.6 Å². The predicted molar refractivity (Wildman–Crippen MR) is 168 cm³/mol. The van der Waals surface area contributed by atoms with Crippen molar-refractivity contribution in [3.05, 3.63) is 113 Å². The largest absolute Gasteiger partial charge is 0.494 e. The standard InChI is InChI=1S/C36H43NO6/c38-22-33(39)26-41-24-28-7-9-30-10-8-29(20-32(30)19-28)25-43-36-21-37-16-15-35(36)31-11-13-34(14-12-31)42-18-4-17-40-23-27-5-2-1-3-6-27/h1-3,5-14,19-20,33,35-39H,4,15-18,21-26H2/t33-,35-,36+/m1/s1. The molecule has 0 unspecified atom stereocenters. The lowest BCUT2D eigenvalue weighted by molar-refractivity contribution is 0.0000489. The Kier molecular flexibility index (Phi) is 12.0. The molecule has 228 valence electrons. The lowest BCUT2D eigenvalue weighted by Crippen LogP contribution is -2.40. The molecule has 1 fully saturated rings. The van der Waals surface area contributed by atoms with Gasteiger partial charge in [-0.2, -0.15) is 0 Å². The van der Waals surface area contributed by atoms with Crippen molar-refractivity contribution in [1.82, 2.24) is 5.32 Å². The zero-order chi connectivity index (χ0) is 29.7. The smallest absolute Gasteiger partial charge is 0.119 e. The van der Waals surface area contributed by atoms with Crippen molar-refractivity contribution < 1.29 is 29.2 Å². The summed E-state index contributed by atoms with van der Waals surface area (Å²) in [5, 5.41) is 24.2. The van der Waals surface area contributed by atoms with Gasteiger partial charge in [0.2, 0.25) is 0 Å². The molecule has 1 aliphatic rings. The minimum absolute atomic E-state index is 0.0793. The van der Waals surface area contributed by atoms with E-state index in [4.69, 9.17) is 24.1 Å². The summed E-state index contributed by atoms with van der Waals surface area (Å²) in [6.45, 7) is 4.45. The van der Waals surface area contributed by atoms with Gasteiger partial charge in [0.1, 0.15) is 11.9 Å². The summed E-state index contributed by atoms with van der Waals surface area (Å²) in [6, 6.07) is 31.3. The summed E-state index contributed by atoms with van der Waals surface area (Å²) in [5.41, 5.74) is 4.61. The fourth-order valence-corrected chi connectivity index (χ4v) is 5.41. The van der Waals surface area contributed by atoms with E-state index < -0.39 is 6.10 Å². The van der Waals surface area contributed by atoms with Crippen molar-refractivity contribution in [3.63, 3.8) is 0 Å². The third kappa shape index (κ3) is 9.60. The van der Waals surface area contributed by atoms with Crippen molar-refractivity contribution in [1.29, 1.82) is 0 Å². The molecule has 0 bridgehead atoms. The van der Waals surface area contributed by atoms with Gasteiger partial charge in [-0.1, -0.05) is 66.7 Å². The van der Waals surface area contributed by atoms with E-state index in [-0.39, 0.29) is 19.3 Å². The number of piperidine rings is 1. The molecule has 0 amide bonds. The number of rotatable bonds is 16. The van der Waals surface area contributed by atoms with Crippen LogP contribution >= 0.6 is 0 Å². The van der Waals surface area contributed by atoms with Gasteiger partial charge in [0.25, 0.3) is 0 Å². The third-order valence-electron chi connectivity index (χ3n) is 7.77. The van der Waals surface area contributed by atoms with Gasteiger partial charge in [-0.15, -0.1) is 0 Å². The fraction of sp³-hybridized carbons (Fsp3) is 0.389. The van der Waals surface area contributed by atoms with Crippen molar-refractivity contribution in [3.8, 4) is 5.75 Å². The highest BCUT2D eigenvalue weighted by molar-refractivity contribution is 5.83. The van der Waals surface area contributed by atoms with Gasteiger partial charge in [-0.3, -0.25) is 0 Å². The number of hydrogen-bond donors (Lipinski definition) is 3. The maximum Gasteiger partial charge on any atom is 0.119 e. The average Bonchev–Trinajstić information content (AvgIpc) is 3.06. The molecule has 1 heterocycles. The van der Waals surface area contributed by atoms with Gasteiger partial charge >= 0.3 is 0 Å². The van der Waals surface area contributed by atoms with E-state index in [2.05, 4.69) is 72.0 Å². The number of benzene rings is 4. The Balaban J connectivity index is 1.09. The molecule has 0 saturated carbocycles. The lowest BCUT2D eigenvalue weighted by Gasteiger charge is -2.32. The Labute approximate surface area is 254 Å². The minimum atomic E-state index is -0.852. The van der Waals surface area contributed by atoms with Gasteiger partial charge in [-0.25, -0.2) is 0 Å². The number of aliphatic hydroxyl groups excluding tert-OH is 2. The first-order valence-electron chi connectivity index (χ1n) is 15.2. The van der Waals surface area contributed by atoms with Crippen molar-refractivity contribution in [2.45, 2.75) is 50.8 Å². The molecule has 5 rings (SSSR count). The van der Waals surface area contributed by atoms with Crippen LogP contribution in [0.25, 0.3) is 10.8 Å². The predicted octanol–water partition coefficient (Wildman–Crippen LogP) is 5.36. The van der Waals surface area contributed by atoms with Gasteiger partial charge in [0.05, 0.1) is 52.4 Å². The molecule has 43 heavy (non-hydrogen) atoms. The Morgan fingerprint density at radius 3 is 2.28 bits per heavy atom. The van der Waals surface area contributed by atoms with E-state index in [1.165, 1.54) is 11.1 Å². The van der Waals surface area contributed by atoms with Crippen LogP contribution in [0.2, 0.25) is 0 Å². The highest BCUT2D eigenvalue weighted by Crippen LogP contribution is 2.30. The summed E-state index contributed by atoms with van der Waals surface area (Å²) in [6.07, 6.45) is 1.10. The maximum atomic E-state index is 9.49. The number of fused-ring (bicyclic) bond motifs is 1. The molecule has 0 spiro atoms. The molecule has 3 atom stereocenters. The Bertz CT molecular complexity index is 1380. The molecule has 7 heteroatoms. The number of ether oxygens (including phenoxy) is 4. The molecule has 7 nitrogen and oxygen atoms in total. The second kappa shape index (κ2) is 16.5. The van der Waals surface area contributed by atoms with Crippen molar-refractivity contribution in [2.75, 3.05) is 39.5 Å². The van der Waals surface area contributed by atoms with Gasteiger partial charge in [-0.05, 0) is 70.3 Å². The zero-order valence-electron chi connectivity index (χ0n) is 24.7. The molecule has 1 aliphatic heterocycles. The monoisotopic (exact) mass is 585 g/mol. The average molecular weight is 586 g/mol. The molecule has 0 radical (unpaired) electrons. The van der Waals surface area contributed by atoms with Crippen molar-refractivity contribution in [2.24, 2.45) is 0 Å². The maximum absolute atomic E-state index is 9.49. The van der Waals surface area contributed by atoms with E-state index >= 15 is 0 Å². The van der Waals surface area contributed by atoms with Crippen molar-refractivity contribution >= 4 is 10.8 Å². The van der Waals surface area contributed by atoms with Gasteiger partial charge < -0.3 is 34.5 Å². The second-order valence-electron chi connectivity index (χ2n) is 11.1. The first-order valence-corrected chi connectivity index (χ1v) is 15.2. The Hall–Kier alpha value is -3.30. The minimum Gasteiger partial charge on any atom is -0.494 e. The fourth-order valence-electron chi connectivity index (χ4n) is 5.41. The van der Waals surface area contributed by atoms with Crippen LogP contribution in [0.3, 0.4) is 0 Å². The molecular weight excluding hydrogens is 542 g/mol. The highest BCUT2D eigenvalue weighted by Gasteiger charge is 2.27. The number of aliphatic hydroxyl groups is 2. The third-order valence-corrected chi connectivity index (χ3v) is 7.77. The molecule has 4 aromatic carbocycles. The van der Waals surface area contributed by atoms with E-state index in [1.54, 1.807) is 0 Å². The Morgan fingerprint density at radius 1 is 0.767 bits per heavy atom. The van der Waals surface area contributed by atoms with E-state index in [0.29, 0.717) is 39.0 Å². The topological polar surface area (TPSA) is 89.4 Å². The lowest BCUT2D eigenvalue weighted by atomic mass is 9.87. The molecule has 0 aromatic heterocycles. The summed E-state index contributed by atoms with van der Waals surface area (Å²) >= 11 is 0. The zero-order valence-corrected chi connectivity index (χ0v) is 24.7. The second-order valence-corrected chi connectivity index (χ2v) is 11.1. The van der Waals surface area contributed by atoms with Crippen LogP contribution in [0.15, 0.2) is 91.0 Å². The first-order chi connectivity index (χ1) is 21.2. The van der Waals surface area contributed by atoms with Gasteiger partial charge in [0.15, 0.2) is 0 Å². The molecule has 1 saturated heterocycles. The van der Waals surface area contributed by atoms with Crippen LogP contribution in [0.1, 0.15) is 41.0 Å². The highest BCUT2D eigenvalue weighted by atomic mass is 16.5. The van der Waals surface area contributed by atoms with Crippen LogP contribution in [0.4, 0.5) is 0 Å². The molecular formula is C36H43NO6. The van der Waals surface area contributed by atoms with Gasteiger partial charge in [0, 0.05) is 18.9 Å². The molecule has 0 aliphatic carbocycles. The van der Waals surface area contributed by atoms with E-state index in [9.17, 15) is 5.11 Å². The molecule has 4 aromatic rings. The summed E-state index contributed by atoms with van der Waals surface area (Å²) in [5.74, 6) is 1.20. The normalized spacial score (nSPS) is 17.6. The SMILES string of the molecule is OC[C@@H](O)COCc1ccc2ccc(CO[C@H]3CNCC[C@@H]3c3ccc(OCCCOCc4ccccc4)cc3)cc2c1. The van der Waals surface area contributed by atoms with E-state index in [1.807, 2.05) is 24.3 Å². The quantitative estimate of drug-likeness (QED) is 0.153. The van der Waals surface area contributed by atoms with Crippen LogP contribution in [-0.4, -0.2) is 61.9 Å². The number of nitrogens with one attached hydrogen (secondary N) is 1. The summed E-state index contributed by atoms with van der Waals surface area (Å²) < 4.78 is 23.7. The van der Waals surface area contributed by atoms with Crippen LogP contribution in [0.5, 0.6) is 5.75 Å². The first kappa shape index (κ1) is 31.1. The van der Waals surface area contributed by atoms with Crippen LogP contribution in [-0.2, 0) is 34.0 Å². The van der Waals surface area contributed by atoms with Crippen LogP contribution in [0, 0.1) is 0 Å². The summed E-state index contributed by atoms with van der Waals surface area (Å²) in [7, 11) is 0. The van der Waals surface area contributed by atoms with Crippen LogP contribution < -0.4 is 10.1 Å².